The average molecular weight is 305 g/mol. The number of hydrogen-bond donors (Lipinski definition) is 1. The lowest BCUT2D eigenvalue weighted by Crippen LogP contribution is -2.24. The molecule has 0 aliphatic heterocycles. The second-order valence-electron chi connectivity index (χ2n) is 6.41. The molecule has 1 aliphatic carbocycles. The Morgan fingerprint density at radius 2 is 1.87 bits per heavy atom. The van der Waals surface area contributed by atoms with Crippen molar-refractivity contribution in [3.05, 3.63) is 63.6 Å². The van der Waals surface area contributed by atoms with Crippen molar-refractivity contribution in [1.29, 1.82) is 0 Å². The molecule has 0 unspecified atom stereocenters. The van der Waals surface area contributed by atoms with Gasteiger partial charge in [0, 0.05) is 5.39 Å². The smallest absolute Gasteiger partial charge is 0.354 e. The third-order valence-electron chi connectivity index (χ3n) is 4.65. The van der Waals surface area contributed by atoms with Gasteiger partial charge < -0.3 is 5.73 Å². The van der Waals surface area contributed by atoms with Gasteiger partial charge in [0.2, 0.25) is 0 Å². The summed E-state index contributed by atoms with van der Waals surface area (Å²) in [5, 5.41) is 0.872. The predicted molar refractivity (Wildman–Crippen MR) is 93.2 cm³/mol. The van der Waals surface area contributed by atoms with Crippen LogP contribution in [0, 0.1) is 13.8 Å². The molecule has 4 rings (SSSR count). The molecule has 4 nitrogen and oxygen atoms in total. The number of aromatic nitrogens is 2. The van der Waals surface area contributed by atoms with Crippen LogP contribution in [0.2, 0.25) is 0 Å². The summed E-state index contributed by atoms with van der Waals surface area (Å²) in [5.41, 5.74) is 10.9. The highest BCUT2D eigenvalue weighted by atomic mass is 16.1. The number of aryl methyl sites for hydroxylation is 2. The van der Waals surface area contributed by atoms with Crippen molar-refractivity contribution < 1.29 is 0 Å². The Labute approximate surface area is 134 Å². The largest absolute Gasteiger partial charge is 0.383 e. The van der Waals surface area contributed by atoms with Crippen LogP contribution in [0.3, 0.4) is 0 Å². The Morgan fingerprint density at radius 3 is 2.57 bits per heavy atom. The minimum atomic E-state index is -0.323. The van der Waals surface area contributed by atoms with Gasteiger partial charge in [0.25, 0.3) is 0 Å². The lowest BCUT2D eigenvalue weighted by Gasteiger charge is -2.16. The monoisotopic (exact) mass is 305 g/mol. The zero-order chi connectivity index (χ0) is 16.1. The van der Waals surface area contributed by atoms with Gasteiger partial charge in [-0.2, -0.15) is 4.98 Å². The summed E-state index contributed by atoms with van der Waals surface area (Å²) in [7, 11) is 0. The lowest BCUT2D eigenvalue weighted by molar-refractivity contribution is 0.951. The van der Waals surface area contributed by atoms with Gasteiger partial charge >= 0.3 is 5.69 Å². The molecule has 2 aromatic carbocycles. The second-order valence-corrected chi connectivity index (χ2v) is 6.41. The zero-order valence-corrected chi connectivity index (χ0v) is 13.3. The van der Waals surface area contributed by atoms with Crippen LogP contribution >= 0.6 is 0 Å². The van der Waals surface area contributed by atoms with Crippen LogP contribution in [-0.2, 0) is 0 Å². The summed E-state index contributed by atoms with van der Waals surface area (Å²) in [4.78, 5) is 16.6. The van der Waals surface area contributed by atoms with Gasteiger partial charge in [0.15, 0.2) is 0 Å². The van der Waals surface area contributed by atoms with Crippen molar-refractivity contribution in [2.45, 2.75) is 32.6 Å². The molecular weight excluding hydrogens is 286 g/mol. The van der Waals surface area contributed by atoms with Gasteiger partial charge in [-0.3, -0.25) is 4.57 Å². The molecule has 1 aliphatic rings. The molecule has 1 saturated carbocycles. The first-order valence-electron chi connectivity index (χ1n) is 7.95. The molecule has 0 radical (unpaired) electrons. The van der Waals surface area contributed by atoms with E-state index in [0.717, 1.165) is 27.7 Å². The maximum Gasteiger partial charge on any atom is 0.354 e. The maximum absolute atomic E-state index is 12.6. The molecule has 23 heavy (non-hydrogen) atoms. The van der Waals surface area contributed by atoms with E-state index in [4.69, 9.17) is 5.73 Å². The number of nitrogen functional groups attached to an aromatic ring is 1. The molecule has 1 aromatic heterocycles. The van der Waals surface area contributed by atoms with E-state index in [1.165, 1.54) is 18.4 Å². The van der Waals surface area contributed by atoms with Crippen LogP contribution in [0.15, 0.2) is 41.2 Å². The summed E-state index contributed by atoms with van der Waals surface area (Å²) in [6.45, 7) is 4.04. The number of fused-ring (bicyclic) bond motifs is 1. The molecule has 0 saturated heterocycles. The molecule has 3 aromatic rings. The van der Waals surface area contributed by atoms with Gasteiger partial charge in [-0.05, 0) is 61.4 Å². The fourth-order valence-electron chi connectivity index (χ4n) is 3.32. The van der Waals surface area contributed by atoms with E-state index in [-0.39, 0.29) is 5.69 Å². The van der Waals surface area contributed by atoms with Crippen molar-refractivity contribution in [2.75, 3.05) is 5.73 Å². The van der Waals surface area contributed by atoms with Crippen LogP contribution in [0.25, 0.3) is 16.6 Å². The Kier molecular flexibility index (Phi) is 3.01. The van der Waals surface area contributed by atoms with E-state index >= 15 is 0 Å². The van der Waals surface area contributed by atoms with Gasteiger partial charge in [-0.25, -0.2) is 4.79 Å². The highest BCUT2D eigenvalue weighted by Gasteiger charge is 2.25. The molecule has 116 valence electrons. The van der Waals surface area contributed by atoms with Crippen LogP contribution in [0.4, 0.5) is 5.82 Å². The Hall–Kier alpha value is -2.62. The minimum absolute atomic E-state index is 0.315. The summed E-state index contributed by atoms with van der Waals surface area (Å²) in [5.74, 6) is 0.933. The van der Waals surface area contributed by atoms with Crippen LogP contribution in [-0.4, -0.2) is 9.55 Å². The zero-order valence-electron chi connectivity index (χ0n) is 13.3. The SMILES string of the molecule is Cc1ccccc1-n1c(=O)nc(N)c2c(C)cc(C3CC3)cc21. The number of para-hydroxylation sites is 1. The molecule has 1 fully saturated rings. The molecule has 0 bridgehead atoms. The average Bonchev–Trinajstić information content (AvgIpc) is 3.33. The fourth-order valence-corrected chi connectivity index (χ4v) is 3.32. The van der Waals surface area contributed by atoms with Crippen molar-refractivity contribution in [3.63, 3.8) is 0 Å². The highest BCUT2D eigenvalue weighted by Crippen LogP contribution is 2.42. The molecule has 0 spiro atoms. The summed E-state index contributed by atoms with van der Waals surface area (Å²) in [6, 6.07) is 12.2. The van der Waals surface area contributed by atoms with Crippen LogP contribution in [0.1, 0.15) is 35.4 Å². The first-order chi connectivity index (χ1) is 11.1. The van der Waals surface area contributed by atoms with Crippen molar-refractivity contribution in [2.24, 2.45) is 0 Å². The third-order valence-corrected chi connectivity index (χ3v) is 4.65. The standard InChI is InChI=1S/C19H19N3O/c1-11-5-3-4-6-15(11)22-16-10-14(13-7-8-13)9-12(2)17(16)18(20)21-19(22)23/h3-6,9-10,13H,7-8H2,1-2H3,(H2,20,21,23). The van der Waals surface area contributed by atoms with Crippen molar-refractivity contribution >= 4 is 16.7 Å². The van der Waals surface area contributed by atoms with Crippen LogP contribution in [0.5, 0.6) is 0 Å². The Balaban J connectivity index is 2.14. The van der Waals surface area contributed by atoms with E-state index in [1.54, 1.807) is 4.57 Å². The minimum Gasteiger partial charge on any atom is -0.383 e. The highest BCUT2D eigenvalue weighted by molar-refractivity contribution is 5.93. The third kappa shape index (κ3) is 2.22. The first-order valence-corrected chi connectivity index (χ1v) is 7.95. The Bertz CT molecular complexity index is 984. The second kappa shape index (κ2) is 4.95. The first kappa shape index (κ1) is 14.0. The van der Waals surface area contributed by atoms with E-state index in [1.807, 2.05) is 38.1 Å². The van der Waals surface area contributed by atoms with Gasteiger partial charge in [-0.1, -0.05) is 24.3 Å². The van der Waals surface area contributed by atoms with Crippen molar-refractivity contribution in [3.8, 4) is 5.69 Å². The molecular formula is C19H19N3O. The lowest BCUT2D eigenvalue weighted by atomic mass is 10.0. The summed E-state index contributed by atoms with van der Waals surface area (Å²) < 4.78 is 1.69. The number of rotatable bonds is 2. The fraction of sp³-hybridized carbons (Fsp3) is 0.263. The number of nitrogens with two attached hydrogens (primary N) is 1. The van der Waals surface area contributed by atoms with E-state index < -0.39 is 0 Å². The van der Waals surface area contributed by atoms with Crippen LogP contribution < -0.4 is 11.4 Å². The number of nitrogens with zero attached hydrogens (tertiary/aromatic N) is 2. The quantitative estimate of drug-likeness (QED) is 0.788. The number of hydrogen-bond acceptors (Lipinski definition) is 3. The molecule has 4 heteroatoms. The van der Waals surface area contributed by atoms with E-state index in [9.17, 15) is 4.79 Å². The predicted octanol–water partition coefficient (Wildman–Crippen LogP) is 3.46. The molecule has 1 heterocycles. The van der Waals surface area contributed by atoms with Gasteiger partial charge in [-0.15, -0.1) is 0 Å². The molecule has 0 atom stereocenters. The summed E-state index contributed by atoms with van der Waals surface area (Å²) in [6.07, 6.45) is 2.44. The topological polar surface area (TPSA) is 60.9 Å². The molecule has 2 N–H and O–H groups in total. The Morgan fingerprint density at radius 1 is 1.13 bits per heavy atom. The van der Waals surface area contributed by atoms with E-state index in [0.29, 0.717) is 11.7 Å². The van der Waals surface area contributed by atoms with E-state index in [2.05, 4.69) is 17.1 Å². The normalized spacial score (nSPS) is 14.3. The van der Waals surface area contributed by atoms with Gasteiger partial charge in [0.05, 0.1) is 11.2 Å². The maximum atomic E-state index is 12.6. The summed E-state index contributed by atoms with van der Waals surface area (Å²) >= 11 is 0. The van der Waals surface area contributed by atoms with Gasteiger partial charge in [0.1, 0.15) is 5.82 Å². The number of anilines is 1. The number of benzene rings is 2. The molecule has 0 amide bonds. The van der Waals surface area contributed by atoms with Crippen molar-refractivity contribution in [1.82, 2.24) is 9.55 Å².